The van der Waals surface area contributed by atoms with Crippen LogP contribution in [0.1, 0.15) is 6.42 Å². The second kappa shape index (κ2) is 5.32. The highest BCUT2D eigenvalue weighted by Crippen LogP contribution is 2.07. The SMILES string of the molecule is O=C1NCCN1CCOCC1CCNC1. The Labute approximate surface area is 90.1 Å². The summed E-state index contributed by atoms with van der Waals surface area (Å²) in [7, 11) is 0. The van der Waals surface area contributed by atoms with Crippen molar-refractivity contribution >= 4 is 6.03 Å². The first-order chi connectivity index (χ1) is 7.36. The minimum Gasteiger partial charge on any atom is -0.379 e. The van der Waals surface area contributed by atoms with Gasteiger partial charge in [0, 0.05) is 26.2 Å². The second-order valence-corrected chi connectivity index (χ2v) is 4.15. The van der Waals surface area contributed by atoms with Gasteiger partial charge in [0.1, 0.15) is 0 Å². The molecular weight excluding hydrogens is 194 g/mol. The number of nitrogens with zero attached hydrogens (tertiary/aromatic N) is 1. The van der Waals surface area contributed by atoms with Crippen LogP contribution in [0.25, 0.3) is 0 Å². The van der Waals surface area contributed by atoms with Crippen LogP contribution in [0.5, 0.6) is 0 Å². The van der Waals surface area contributed by atoms with Crippen LogP contribution in [0.2, 0.25) is 0 Å². The van der Waals surface area contributed by atoms with Gasteiger partial charge in [-0.05, 0) is 18.9 Å². The van der Waals surface area contributed by atoms with E-state index in [1.54, 1.807) is 4.90 Å². The quantitative estimate of drug-likeness (QED) is 0.613. The Balaban J connectivity index is 1.52. The summed E-state index contributed by atoms with van der Waals surface area (Å²) >= 11 is 0. The zero-order chi connectivity index (χ0) is 10.5. The van der Waals surface area contributed by atoms with Crippen LogP contribution in [0, 0.1) is 5.92 Å². The van der Waals surface area contributed by atoms with Crippen molar-refractivity contribution in [3.8, 4) is 0 Å². The first-order valence-electron chi connectivity index (χ1n) is 5.67. The van der Waals surface area contributed by atoms with Gasteiger partial charge in [0.25, 0.3) is 0 Å². The Morgan fingerprint density at radius 2 is 2.40 bits per heavy atom. The molecule has 2 fully saturated rings. The number of hydrogen-bond acceptors (Lipinski definition) is 3. The van der Waals surface area contributed by atoms with Crippen LogP contribution < -0.4 is 10.6 Å². The number of rotatable bonds is 5. The standard InChI is InChI=1S/C10H19N3O2/c14-10-12-3-4-13(10)5-6-15-8-9-1-2-11-7-9/h9,11H,1-8H2,(H,12,14). The van der Waals surface area contributed by atoms with Crippen molar-refractivity contribution in [1.29, 1.82) is 0 Å². The van der Waals surface area contributed by atoms with Crippen LogP contribution in [0.15, 0.2) is 0 Å². The molecule has 15 heavy (non-hydrogen) atoms. The van der Waals surface area contributed by atoms with E-state index in [9.17, 15) is 4.79 Å². The van der Waals surface area contributed by atoms with E-state index in [4.69, 9.17) is 4.74 Å². The molecule has 0 radical (unpaired) electrons. The predicted octanol–water partition coefficient (Wildman–Crippen LogP) is -0.362. The van der Waals surface area contributed by atoms with E-state index in [2.05, 4.69) is 10.6 Å². The summed E-state index contributed by atoms with van der Waals surface area (Å²) < 4.78 is 5.57. The summed E-state index contributed by atoms with van der Waals surface area (Å²) in [6.45, 7) is 5.96. The molecule has 2 N–H and O–H groups in total. The molecule has 0 spiro atoms. The molecule has 5 heteroatoms. The molecular formula is C10H19N3O2. The Hall–Kier alpha value is -0.810. The van der Waals surface area contributed by atoms with Gasteiger partial charge in [-0.1, -0.05) is 0 Å². The van der Waals surface area contributed by atoms with Crippen molar-refractivity contribution in [1.82, 2.24) is 15.5 Å². The fourth-order valence-corrected chi connectivity index (χ4v) is 2.01. The van der Waals surface area contributed by atoms with E-state index >= 15 is 0 Å². The number of ether oxygens (including phenoxy) is 1. The Morgan fingerprint density at radius 1 is 1.47 bits per heavy atom. The molecule has 0 saturated carbocycles. The third-order valence-corrected chi connectivity index (χ3v) is 2.97. The molecule has 2 aliphatic rings. The molecule has 0 aromatic heterocycles. The molecule has 0 aromatic carbocycles. The smallest absolute Gasteiger partial charge is 0.317 e. The molecule has 2 amide bonds. The summed E-state index contributed by atoms with van der Waals surface area (Å²) in [4.78, 5) is 13.0. The Morgan fingerprint density at radius 3 is 3.07 bits per heavy atom. The molecule has 2 heterocycles. The average Bonchev–Trinajstić information content (AvgIpc) is 2.85. The van der Waals surface area contributed by atoms with Crippen molar-refractivity contribution in [3.05, 3.63) is 0 Å². The van der Waals surface area contributed by atoms with Gasteiger partial charge in [-0.3, -0.25) is 0 Å². The van der Waals surface area contributed by atoms with E-state index in [1.165, 1.54) is 6.42 Å². The lowest BCUT2D eigenvalue weighted by Gasteiger charge is -2.15. The monoisotopic (exact) mass is 213 g/mol. The molecule has 2 rings (SSSR count). The van der Waals surface area contributed by atoms with E-state index in [-0.39, 0.29) is 6.03 Å². The number of hydrogen-bond donors (Lipinski definition) is 2. The number of nitrogens with one attached hydrogen (secondary N) is 2. The Kier molecular flexibility index (Phi) is 3.80. The topological polar surface area (TPSA) is 53.6 Å². The Bertz CT molecular complexity index is 217. The lowest BCUT2D eigenvalue weighted by molar-refractivity contribution is 0.0917. The van der Waals surface area contributed by atoms with Crippen molar-refractivity contribution in [2.75, 3.05) is 45.9 Å². The zero-order valence-electron chi connectivity index (χ0n) is 9.00. The summed E-state index contributed by atoms with van der Waals surface area (Å²) in [6, 6.07) is 0.0427. The summed E-state index contributed by atoms with van der Waals surface area (Å²) in [5.41, 5.74) is 0. The lowest BCUT2D eigenvalue weighted by atomic mass is 10.1. The molecule has 0 aliphatic carbocycles. The molecule has 0 aromatic rings. The molecule has 1 unspecified atom stereocenters. The van der Waals surface area contributed by atoms with E-state index in [1.807, 2.05) is 0 Å². The van der Waals surface area contributed by atoms with Gasteiger partial charge in [-0.25, -0.2) is 4.79 Å². The van der Waals surface area contributed by atoms with Crippen molar-refractivity contribution < 1.29 is 9.53 Å². The third kappa shape index (κ3) is 3.07. The van der Waals surface area contributed by atoms with Crippen LogP contribution >= 0.6 is 0 Å². The number of carbonyl (C=O) groups excluding carboxylic acids is 1. The fraction of sp³-hybridized carbons (Fsp3) is 0.900. The number of urea groups is 1. The van der Waals surface area contributed by atoms with Gasteiger partial charge in [0.2, 0.25) is 0 Å². The van der Waals surface area contributed by atoms with E-state index in [0.29, 0.717) is 19.1 Å². The molecule has 5 nitrogen and oxygen atoms in total. The normalized spacial score (nSPS) is 26.0. The van der Waals surface area contributed by atoms with Gasteiger partial charge in [-0.15, -0.1) is 0 Å². The zero-order valence-corrected chi connectivity index (χ0v) is 9.00. The third-order valence-electron chi connectivity index (χ3n) is 2.97. The maximum Gasteiger partial charge on any atom is 0.317 e. The summed E-state index contributed by atoms with van der Waals surface area (Å²) in [5.74, 6) is 0.664. The predicted molar refractivity (Wildman–Crippen MR) is 56.8 cm³/mol. The molecule has 2 saturated heterocycles. The molecule has 2 aliphatic heterocycles. The highest BCUT2D eigenvalue weighted by molar-refractivity contribution is 5.76. The maximum atomic E-state index is 11.2. The highest BCUT2D eigenvalue weighted by Gasteiger charge is 2.19. The minimum atomic E-state index is 0.0427. The minimum absolute atomic E-state index is 0.0427. The van der Waals surface area contributed by atoms with Crippen molar-refractivity contribution in [3.63, 3.8) is 0 Å². The highest BCUT2D eigenvalue weighted by atomic mass is 16.5. The van der Waals surface area contributed by atoms with Gasteiger partial charge in [0.15, 0.2) is 0 Å². The lowest BCUT2D eigenvalue weighted by Crippen LogP contribution is -2.31. The van der Waals surface area contributed by atoms with Crippen LogP contribution in [-0.2, 0) is 4.74 Å². The van der Waals surface area contributed by atoms with Gasteiger partial charge < -0.3 is 20.3 Å². The van der Waals surface area contributed by atoms with E-state index < -0.39 is 0 Å². The molecule has 86 valence electrons. The van der Waals surface area contributed by atoms with Crippen molar-refractivity contribution in [2.45, 2.75) is 6.42 Å². The van der Waals surface area contributed by atoms with Crippen LogP contribution in [-0.4, -0.2) is 56.9 Å². The number of carbonyl (C=O) groups is 1. The average molecular weight is 213 g/mol. The molecule has 1 atom stereocenters. The maximum absolute atomic E-state index is 11.2. The van der Waals surface area contributed by atoms with E-state index in [0.717, 1.165) is 32.8 Å². The largest absolute Gasteiger partial charge is 0.379 e. The van der Waals surface area contributed by atoms with Gasteiger partial charge >= 0.3 is 6.03 Å². The number of amides is 2. The first kappa shape index (κ1) is 10.7. The summed E-state index contributed by atoms with van der Waals surface area (Å²) in [5, 5.41) is 6.08. The summed E-state index contributed by atoms with van der Waals surface area (Å²) in [6.07, 6.45) is 1.21. The van der Waals surface area contributed by atoms with Crippen LogP contribution in [0.3, 0.4) is 0 Å². The molecule has 0 bridgehead atoms. The van der Waals surface area contributed by atoms with Gasteiger partial charge in [-0.2, -0.15) is 0 Å². The second-order valence-electron chi connectivity index (χ2n) is 4.15. The van der Waals surface area contributed by atoms with Crippen LogP contribution in [0.4, 0.5) is 4.79 Å². The fourth-order valence-electron chi connectivity index (χ4n) is 2.01. The van der Waals surface area contributed by atoms with Crippen molar-refractivity contribution in [2.24, 2.45) is 5.92 Å². The van der Waals surface area contributed by atoms with Gasteiger partial charge in [0.05, 0.1) is 13.2 Å². The first-order valence-corrected chi connectivity index (χ1v) is 5.67.